The van der Waals surface area contributed by atoms with Gasteiger partial charge in [-0.2, -0.15) is 20.2 Å². The lowest BCUT2D eigenvalue weighted by Gasteiger charge is -2.35. The normalized spacial score (nSPS) is 22.9. The van der Waals surface area contributed by atoms with Crippen LogP contribution in [-0.4, -0.2) is 138 Å². The van der Waals surface area contributed by atoms with Crippen LogP contribution in [0.2, 0.25) is 0 Å². The number of pyridine rings is 1. The molecule has 4 atom stereocenters. The van der Waals surface area contributed by atoms with E-state index in [1.165, 1.54) is 12.1 Å². The van der Waals surface area contributed by atoms with Crippen LogP contribution in [0.25, 0.3) is 43.8 Å². The molecule has 18 nitrogen and oxygen atoms in total. The van der Waals surface area contributed by atoms with Gasteiger partial charge in [-0.25, -0.2) is 18.6 Å². The molecule has 2 N–H and O–H groups in total. The van der Waals surface area contributed by atoms with E-state index >= 15 is 8.78 Å². The lowest BCUT2D eigenvalue weighted by molar-refractivity contribution is -0.134. The van der Waals surface area contributed by atoms with Crippen molar-refractivity contribution in [3.05, 3.63) is 94.6 Å². The highest BCUT2D eigenvalue weighted by atomic mass is 19.1. The van der Waals surface area contributed by atoms with Crippen LogP contribution in [0.15, 0.2) is 54.7 Å². The average Bonchev–Trinajstić information content (AvgIpc) is 4.33. The summed E-state index contributed by atoms with van der Waals surface area (Å²) in [6, 6.07) is 14.2. The number of hydrogen-bond acceptors (Lipinski definition) is 14. The van der Waals surface area contributed by atoms with E-state index in [1.54, 1.807) is 21.7 Å². The predicted molar refractivity (Wildman–Crippen MR) is 285 cm³/mol. The smallest absolute Gasteiger partial charge is 0.409 e. The summed E-state index contributed by atoms with van der Waals surface area (Å²) in [6.07, 6.45) is 9.78. The summed E-state index contributed by atoms with van der Waals surface area (Å²) in [5, 5.41) is 25.5. The van der Waals surface area contributed by atoms with Gasteiger partial charge in [-0.3, -0.25) is 29.2 Å². The Labute approximate surface area is 449 Å². The summed E-state index contributed by atoms with van der Waals surface area (Å²) >= 11 is 0. The number of hydrogen-bond donors (Lipinski definition) is 2. The number of likely N-dealkylation sites (tertiary alicyclic amines) is 1. The van der Waals surface area contributed by atoms with E-state index in [9.17, 15) is 19.5 Å². The van der Waals surface area contributed by atoms with Crippen LogP contribution >= 0.6 is 0 Å². The molecule has 0 radical (unpaired) electrons. The third-order valence-corrected chi connectivity index (χ3v) is 17.6. The summed E-state index contributed by atoms with van der Waals surface area (Å²) < 4.78 is 55.4. The Morgan fingerprint density at radius 3 is 2.64 bits per heavy atom. The van der Waals surface area contributed by atoms with Gasteiger partial charge in [0, 0.05) is 68.8 Å². The number of nitrogens with zero attached hydrogens (tertiary/aromatic N) is 10. The molecule has 5 saturated heterocycles. The second-order valence-corrected chi connectivity index (χ2v) is 22.2. The number of piperidine rings is 2. The van der Waals surface area contributed by atoms with E-state index in [1.807, 2.05) is 37.0 Å². The highest BCUT2D eigenvalue weighted by molar-refractivity contribution is 6.04. The maximum absolute atomic E-state index is 17.5. The van der Waals surface area contributed by atoms with Crippen LogP contribution in [0, 0.1) is 11.6 Å². The second-order valence-electron chi connectivity index (χ2n) is 22.2. The van der Waals surface area contributed by atoms with Crippen molar-refractivity contribution in [2.24, 2.45) is 7.05 Å². The number of carbonyl (C=O) groups is 3. The van der Waals surface area contributed by atoms with E-state index in [0.29, 0.717) is 116 Å². The molecule has 406 valence electrons. The van der Waals surface area contributed by atoms with Gasteiger partial charge in [0.1, 0.15) is 41.8 Å². The SMILES string of the molecule is CCc1c(F)ccc2cc(O)cc(-c3nc4c5c(nc(OC[C@@]67CCCN6[C@H](COC(=O)N6CCC(c8ccn(Cc9ccc%10c(C%11CCC(=O)NC%11=O)nn(C)c%10c9)n8)CC6)CC7)nc5c3F)N3CCCOC[C@@H]3CC4)c12. The Balaban J connectivity index is 0.668. The molecule has 0 bridgehead atoms. The fourth-order valence-corrected chi connectivity index (χ4v) is 13.6. The standard InChI is InChI=1S/C58H63F2N11O7/c1-3-39-43(59)11-7-35-27-38(72)28-42(48(35)39)52-50(60)53-49-45(61-52)12-8-36-30-76-25-5-20-70(36)54(49)64-56(63-53)78-32-58-18-4-21-71(58)37(14-19-58)31-77-57(75)68-22-15-34(16-23-68)44-17-24-69(65-44)29-33-6-9-40-46(26-33)67(2)66-51(40)41-10-13-47(73)62-55(41)74/h6-7,9,11,17,24,26-28,34,36-37,41,72H,3-5,8,10,12-16,18-23,25,29-32H2,1-2H3,(H,62,73,74)/t36-,37-,41?,58-/m0/s1. The fourth-order valence-electron chi connectivity index (χ4n) is 13.6. The third-order valence-electron chi connectivity index (χ3n) is 17.6. The van der Waals surface area contributed by atoms with Crippen LogP contribution in [0.4, 0.5) is 19.4 Å². The van der Waals surface area contributed by atoms with Gasteiger partial charge in [0.2, 0.25) is 11.8 Å². The maximum Gasteiger partial charge on any atom is 0.409 e. The van der Waals surface area contributed by atoms with Crippen LogP contribution in [0.1, 0.15) is 111 Å². The summed E-state index contributed by atoms with van der Waals surface area (Å²) in [6.45, 7) is 6.67. The molecule has 6 aliphatic heterocycles. The van der Waals surface area contributed by atoms with Crippen molar-refractivity contribution in [1.82, 2.24) is 49.6 Å². The van der Waals surface area contributed by atoms with Gasteiger partial charge in [-0.1, -0.05) is 25.1 Å². The number of benzene rings is 3. The van der Waals surface area contributed by atoms with Gasteiger partial charge < -0.3 is 29.1 Å². The Hall–Kier alpha value is -7.32. The van der Waals surface area contributed by atoms with E-state index in [0.717, 1.165) is 73.7 Å². The molecule has 3 aromatic carbocycles. The fraction of sp³-hybridized carbons (Fsp3) is 0.483. The molecular formula is C58H63F2N11O7. The van der Waals surface area contributed by atoms with Crippen LogP contribution in [-0.2, 0) is 45.5 Å². The molecule has 0 spiro atoms. The van der Waals surface area contributed by atoms with E-state index in [4.69, 9.17) is 34.3 Å². The molecule has 4 aromatic heterocycles. The van der Waals surface area contributed by atoms with E-state index in [2.05, 4.69) is 32.3 Å². The number of phenols is 1. The first kappa shape index (κ1) is 50.2. The van der Waals surface area contributed by atoms with Crippen molar-refractivity contribution < 1.29 is 42.5 Å². The Morgan fingerprint density at radius 2 is 1.79 bits per heavy atom. The summed E-state index contributed by atoms with van der Waals surface area (Å²) in [7, 11) is 1.87. The topological polar surface area (TPSA) is 195 Å². The number of anilines is 1. The highest BCUT2D eigenvalue weighted by Gasteiger charge is 2.50. The number of fused-ring (bicyclic) bond motifs is 5. The number of amides is 3. The molecule has 7 aromatic rings. The number of imide groups is 1. The number of aryl methyl sites for hydroxylation is 3. The van der Waals surface area contributed by atoms with Crippen molar-refractivity contribution in [1.29, 1.82) is 0 Å². The number of phenolic OH excluding ortho intramolecular Hbond substituents is 1. The Morgan fingerprint density at radius 1 is 0.923 bits per heavy atom. The second kappa shape index (κ2) is 20.2. The lowest BCUT2D eigenvalue weighted by atomic mass is 9.92. The number of aromatic nitrogens is 7. The zero-order chi connectivity index (χ0) is 53.4. The van der Waals surface area contributed by atoms with Crippen LogP contribution < -0.4 is 15.0 Å². The number of aromatic hydroxyl groups is 1. The first-order valence-corrected chi connectivity index (χ1v) is 27.7. The van der Waals surface area contributed by atoms with Gasteiger partial charge in [-0.05, 0) is 129 Å². The van der Waals surface area contributed by atoms with E-state index in [-0.39, 0.29) is 77.6 Å². The Kier molecular flexibility index (Phi) is 13.0. The molecule has 20 heteroatoms. The monoisotopic (exact) mass is 1060 g/mol. The van der Waals surface area contributed by atoms with Crippen LogP contribution in [0.5, 0.6) is 11.8 Å². The minimum Gasteiger partial charge on any atom is -0.508 e. The molecular weight excluding hydrogens is 1000 g/mol. The molecule has 10 heterocycles. The first-order chi connectivity index (χ1) is 37.9. The van der Waals surface area contributed by atoms with Gasteiger partial charge in [0.25, 0.3) is 0 Å². The molecule has 78 heavy (non-hydrogen) atoms. The summed E-state index contributed by atoms with van der Waals surface area (Å²) in [4.78, 5) is 59.3. The minimum atomic E-state index is -0.689. The van der Waals surface area contributed by atoms with Crippen molar-refractivity contribution in [3.63, 3.8) is 0 Å². The maximum atomic E-state index is 17.5. The zero-order valence-electron chi connectivity index (χ0n) is 44.0. The van der Waals surface area contributed by atoms with Gasteiger partial charge in [0.15, 0.2) is 5.82 Å². The van der Waals surface area contributed by atoms with E-state index < -0.39 is 17.6 Å². The Bertz CT molecular complexity index is 3540. The van der Waals surface area contributed by atoms with Crippen LogP contribution in [0.3, 0.4) is 0 Å². The molecule has 0 saturated carbocycles. The number of halogens is 2. The average molecular weight is 1060 g/mol. The van der Waals surface area contributed by atoms with Gasteiger partial charge in [0.05, 0.1) is 58.6 Å². The number of ether oxygens (including phenoxy) is 3. The zero-order valence-corrected chi connectivity index (χ0v) is 44.0. The highest BCUT2D eigenvalue weighted by Crippen LogP contribution is 2.45. The van der Waals surface area contributed by atoms with Crippen molar-refractivity contribution in [3.8, 4) is 23.0 Å². The molecule has 3 amide bonds. The third kappa shape index (κ3) is 8.93. The molecule has 6 aliphatic rings. The number of rotatable bonds is 11. The summed E-state index contributed by atoms with van der Waals surface area (Å²) in [5.74, 6) is -1.42. The largest absolute Gasteiger partial charge is 0.508 e. The molecule has 5 fully saturated rings. The summed E-state index contributed by atoms with van der Waals surface area (Å²) in [5.41, 5.74) is 4.71. The quantitative estimate of drug-likeness (QED) is 0.118. The van der Waals surface area contributed by atoms with Gasteiger partial charge in [-0.15, -0.1) is 0 Å². The number of nitrogens with one attached hydrogen (secondary N) is 1. The molecule has 1 unspecified atom stereocenters. The number of carbonyl (C=O) groups excluding carboxylic acids is 3. The predicted octanol–water partition coefficient (Wildman–Crippen LogP) is 7.98. The minimum absolute atomic E-state index is 0.00742. The lowest BCUT2D eigenvalue weighted by Crippen LogP contribution is -2.48. The van der Waals surface area contributed by atoms with Crippen molar-refractivity contribution in [2.75, 3.05) is 57.5 Å². The van der Waals surface area contributed by atoms with Gasteiger partial charge >= 0.3 is 12.1 Å². The molecule has 0 aliphatic carbocycles. The molecule has 13 rings (SSSR count). The van der Waals surface area contributed by atoms with Crippen molar-refractivity contribution in [2.45, 2.75) is 120 Å². The van der Waals surface area contributed by atoms with Crippen molar-refractivity contribution >= 4 is 56.3 Å². The first-order valence-electron chi connectivity index (χ1n) is 27.7.